The highest BCUT2D eigenvalue weighted by molar-refractivity contribution is 6.17. The van der Waals surface area contributed by atoms with Crippen LogP contribution in [0.25, 0.3) is 11.0 Å². The highest BCUT2D eigenvalue weighted by Gasteiger charge is 2.24. The predicted molar refractivity (Wildman–Crippen MR) is 123 cm³/mol. The van der Waals surface area contributed by atoms with Crippen LogP contribution in [-0.4, -0.2) is 23.5 Å². The fraction of sp³-hybridized carbons (Fsp3) is 0.0833. The number of furan rings is 1. The van der Waals surface area contributed by atoms with E-state index in [9.17, 15) is 19.7 Å². The maximum absolute atomic E-state index is 13.1. The number of para-hydroxylation sites is 1. The summed E-state index contributed by atoms with van der Waals surface area (Å²) in [5, 5.41) is 17.2. The van der Waals surface area contributed by atoms with Crippen molar-refractivity contribution in [1.29, 1.82) is 0 Å². The Bertz CT molecular complexity index is 1470. The first-order valence-corrected chi connectivity index (χ1v) is 10.2. The molecular weight excluding hydrogens is 442 g/mol. The summed E-state index contributed by atoms with van der Waals surface area (Å²) >= 11 is 0. The molecule has 2 amide bonds. The zero-order valence-electron chi connectivity index (χ0n) is 17.8. The molecule has 0 saturated heterocycles. The van der Waals surface area contributed by atoms with Crippen LogP contribution in [-0.2, 0) is 0 Å². The molecule has 1 aliphatic heterocycles. The number of carbonyl (C=O) groups is 2. The van der Waals surface area contributed by atoms with Crippen molar-refractivity contribution in [3.63, 3.8) is 0 Å². The maximum Gasteiger partial charge on any atom is 0.293 e. The summed E-state index contributed by atoms with van der Waals surface area (Å²) in [6.45, 7) is 1.69. The van der Waals surface area contributed by atoms with Crippen molar-refractivity contribution in [2.45, 2.75) is 6.92 Å². The molecule has 170 valence electrons. The molecule has 3 aromatic carbocycles. The monoisotopic (exact) mass is 459 g/mol. The van der Waals surface area contributed by atoms with Gasteiger partial charge in [0, 0.05) is 34.3 Å². The van der Waals surface area contributed by atoms with Gasteiger partial charge in [0.25, 0.3) is 17.5 Å². The van der Waals surface area contributed by atoms with Gasteiger partial charge in [-0.15, -0.1) is 0 Å². The molecule has 0 fully saturated rings. The molecule has 0 unspecified atom stereocenters. The second kappa shape index (κ2) is 8.24. The van der Waals surface area contributed by atoms with Gasteiger partial charge in [-0.3, -0.25) is 19.7 Å². The number of ether oxygens (including phenoxy) is 2. The van der Waals surface area contributed by atoms with Crippen molar-refractivity contribution in [3.05, 3.63) is 87.7 Å². The summed E-state index contributed by atoms with van der Waals surface area (Å²) in [6.07, 6.45) is 0. The van der Waals surface area contributed by atoms with Gasteiger partial charge in [-0.2, -0.15) is 0 Å². The molecule has 5 rings (SSSR count). The van der Waals surface area contributed by atoms with E-state index in [4.69, 9.17) is 13.9 Å². The van der Waals surface area contributed by atoms with E-state index >= 15 is 0 Å². The first-order valence-electron chi connectivity index (χ1n) is 10.2. The normalized spacial score (nSPS) is 11.9. The summed E-state index contributed by atoms with van der Waals surface area (Å²) in [5.41, 5.74) is 1.32. The standard InChI is InChI=1S/C24H17N3O7/c1-13-6-7-14(10-17(13)27(30)31)23(28)26-21-16-4-2-3-5-18(16)34-22(21)24(29)25-15-8-9-19-20(11-15)33-12-32-19/h2-11H,12H2,1H3,(H,25,29)(H,26,28). The van der Waals surface area contributed by atoms with Crippen LogP contribution in [0.1, 0.15) is 26.5 Å². The van der Waals surface area contributed by atoms with E-state index in [-0.39, 0.29) is 29.5 Å². The number of aryl methyl sites for hydroxylation is 1. The summed E-state index contributed by atoms with van der Waals surface area (Å²) in [4.78, 5) is 36.8. The van der Waals surface area contributed by atoms with Gasteiger partial charge in [-0.05, 0) is 37.3 Å². The molecule has 0 radical (unpaired) electrons. The molecule has 34 heavy (non-hydrogen) atoms. The highest BCUT2D eigenvalue weighted by atomic mass is 16.7. The molecule has 1 aromatic heterocycles. The van der Waals surface area contributed by atoms with Crippen LogP contribution in [0.3, 0.4) is 0 Å². The Kier molecular flexibility index (Phi) is 5.09. The van der Waals surface area contributed by atoms with Gasteiger partial charge < -0.3 is 24.5 Å². The van der Waals surface area contributed by atoms with Crippen molar-refractivity contribution in [3.8, 4) is 11.5 Å². The number of amides is 2. The van der Waals surface area contributed by atoms with Crippen molar-refractivity contribution in [2.24, 2.45) is 0 Å². The van der Waals surface area contributed by atoms with Crippen molar-refractivity contribution in [1.82, 2.24) is 0 Å². The predicted octanol–water partition coefficient (Wildman–Crippen LogP) is 4.88. The first-order chi connectivity index (χ1) is 16.4. The molecule has 10 nitrogen and oxygen atoms in total. The molecule has 10 heteroatoms. The number of anilines is 2. The summed E-state index contributed by atoms with van der Waals surface area (Å²) in [5.74, 6) is -0.264. The summed E-state index contributed by atoms with van der Waals surface area (Å²) in [7, 11) is 0. The van der Waals surface area contributed by atoms with Crippen LogP contribution < -0.4 is 20.1 Å². The second-order valence-corrected chi connectivity index (χ2v) is 7.54. The quantitative estimate of drug-likeness (QED) is 0.321. The third kappa shape index (κ3) is 3.77. The average Bonchev–Trinajstić information content (AvgIpc) is 3.43. The van der Waals surface area contributed by atoms with Gasteiger partial charge in [0.15, 0.2) is 11.5 Å². The number of rotatable bonds is 5. The van der Waals surface area contributed by atoms with E-state index in [2.05, 4.69) is 10.6 Å². The molecule has 0 aliphatic carbocycles. The van der Waals surface area contributed by atoms with Crippen LogP contribution in [0.2, 0.25) is 0 Å². The van der Waals surface area contributed by atoms with Crippen LogP contribution in [0.15, 0.2) is 65.1 Å². The topological polar surface area (TPSA) is 133 Å². The Morgan fingerprint density at radius 1 is 0.941 bits per heavy atom. The van der Waals surface area contributed by atoms with Gasteiger partial charge in [0.05, 0.1) is 4.92 Å². The van der Waals surface area contributed by atoms with Crippen LogP contribution in [0.5, 0.6) is 11.5 Å². The third-order valence-electron chi connectivity index (χ3n) is 5.34. The number of hydrogen-bond acceptors (Lipinski definition) is 7. The van der Waals surface area contributed by atoms with Gasteiger partial charge in [-0.1, -0.05) is 18.2 Å². The lowest BCUT2D eigenvalue weighted by Gasteiger charge is -2.08. The minimum atomic E-state index is -0.619. The average molecular weight is 459 g/mol. The maximum atomic E-state index is 13.1. The highest BCUT2D eigenvalue weighted by Crippen LogP contribution is 2.36. The van der Waals surface area contributed by atoms with Crippen LogP contribution in [0.4, 0.5) is 17.1 Å². The Balaban J connectivity index is 1.48. The minimum Gasteiger partial charge on any atom is -0.454 e. The number of carbonyl (C=O) groups excluding carboxylic acids is 2. The molecule has 0 saturated carbocycles. The Labute approximate surface area is 192 Å². The van der Waals surface area contributed by atoms with Gasteiger partial charge in [-0.25, -0.2) is 0 Å². The summed E-state index contributed by atoms with van der Waals surface area (Å²) < 4.78 is 16.4. The number of nitro groups is 1. The Morgan fingerprint density at radius 2 is 1.74 bits per heavy atom. The molecule has 0 spiro atoms. The zero-order chi connectivity index (χ0) is 23.8. The molecule has 0 atom stereocenters. The number of fused-ring (bicyclic) bond motifs is 2. The van der Waals surface area contributed by atoms with E-state index in [1.807, 2.05) is 0 Å². The molecule has 4 aromatic rings. The molecule has 2 heterocycles. The third-order valence-corrected chi connectivity index (χ3v) is 5.34. The lowest BCUT2D eigenvalue weighted by Crippen LogP contribution is -2.17. The van der Waals surface area contributed by atoms with E-state index in [0.717, 1.165) is 0 Å². The number of nitrogens with zero attached hydrogens (tertiary/aromatic N) is 1. The fourth-order valence-corrected chi connectivity index (χ4v) is 3.62. The fourth-order valence-electron chi connectivity index (χ4n) is 3.62. The van der Waals surface area contributed by atoms with Crippen LogP contribution >= 0.6 is 0 Å². The van der Waals surface area contributed by atoms with Crippen molar-refractivity contribution in [2.75, 3.05) is 17.4 Å². The lowest BCUT2D eigenvalue weighted by atomic mass is 10.1. The Hall–Kier alpha value is -4.86. The van der Waals surface area contributed by atoms with E-state index in [1.54, 1.807) is 49.4 Å². The SMILES string of the molecule is Cc1ccc(C(=O)Nc2c(C(=O)Nc3ccc4c(c3)OCO4)oc3ccccc23)cc1[N+](=O)[O-]. The number of hydrogen-bond donors (Lipinski definition) is 2. The second-order valence-electron chi connectivity index (χ2n) is 7.54. The zero-order valence-corrected chi connectivity index (χ0v) is 17.8. The van der Waals surface area contributed by atoms with Gasteiger partial charge in [0.2, 0.25) is 12.6 Å². The number of benzene rings is 3. The minimum absolute atomic E-state index is 0.0738. The van der Waals surface area contributed by atoms with Crippen LogP contribution in [0, 0.1) is 17.0 Å². The number of nitrogens with one attached hydrogen (secondary N) is 2. The molecule has 2 N–H and O–H groups in total. The molecular formula is C24H17N3O7. The lowest BCUT2D eigenvalue weighted by molar-refractivity contribution is -0.385. The van der Waals surface area contributed by atoms with Crippen molar-refractivity contribution >= 4 is 39.8 Å². The van der Waals surface area contributed by atoms with Gasteiger partial charge in [0.1, 0.15) is 11.3 Å². The first kappa shape index (κ1) is 21.0. The smallest absolute Gasteiger partial charge is 0.293 e. The Morgan fingerprint density at radius 3 is 2.56 bits per heavy atom. The van der Waals surface area contributed by atoms with Gasteiger partial charge >= 0.3 is 0 Å². The van der Waals surface area contributed by atoms with E-state index in [0.29, 0.717) is 33.7 Å². The van der Waals surface area contributed by atoms with E-state index < -0.39 is 16.7 Å². The van der Waals surface area contributed by atoms with E-state index in [1.165, 1.54) is 18.2 Å². The largest absolute Gasteiger partial charge is 0.454 e. The molecule has 1 aliphatic rings. The molecule has 0 bridgehead atoms. The summed E-state index contributed by atoms with van der Waals surface area (Å²) in [6, 6.07) is 15.9. The van der Waals surface area contributed by atoms with Crippen molar-refractivity contribution < 1.29 is 28.4 Å². The number of nitro benzene ring substituents is 1.